The third-order valence-electron chi connectivity index (χ3n) is 2.25. The molecule has 90 valence electrons. The summed E-state index contributed by atoms with van der Waals surface area (Å²) in [5.74, 6) is 0.261. The Morgan fingerprint density at radius 2 is 2.25 bits per heavy atom. The van der Waals surface area contributed by atoms with Gasteiger partial charge in [-0.25, -0.2) is 4.79 Å². The third-order valence-corrected chi connectivity index (χ3v) is 2.25. The van der Waals surface area contributed by atoms with Gasteiger partial charge in [0.1, 0.15) is 5.56 Å². The summed E-state index contributed by atoms with van der Waals surface area (Å²) in [6, 6.07) is 0. The topological polar surface area (TPSA) is 67.0 Å². The van der Waals surface area contributed by atoms with Crippen LogP contribution in [0.1, 0.15) is 42.7 Å². The fraction of sp³-hybridized carbons (Fsp3) is 0.636. The highest BCUT2D eigenvalue weighted by Crippen LogP contribution is 2.17. The van der Waals surface area contributed by atoms with Gasteiger partial charge in [0.2, 0.25) is 0 Å². The van der Waals surface area contributed by atoms with Gasteiger partial charge in [-0.05, 0) is 20.3 Å². The van der Waals surface area contributed by atoms with E-state index in [0.717, 1.165) is 25.1 Å². The van der Waals surface area contributed by atoms with Crippen molar-refractivity contribution >= 4 is 11.8 Å². The van der Waals surface area contributed by atoms with Crippen molar-refractivity contribution < 1.29 is 9.53 Å². The van der Waals surface area contributed by atoms with Crippen LogP contribution in [0.15, 0.2) is 0 Å². The van der Waals surface area contributed by atoms with Crippen molar-refractivity contribution in [1.82, 2.24) is 10.2 Å². The van der Waals surface area contributed by atoms with Crippen LogP contribution in [0.25, 0.3) is 0 Å². The molecule has 0 unspecified atom stereocenters. The summed E-state index contributed by atoms with van der Waals surface area (Å²) < 4.78 is 4.98. The van der Waals surface area contributed by atoms with Crippen molar-refractivity contribution in [2.24, 2.45) is 0 Å². The molecule has 0 spiro atoms. The smallest absolute Gasteiger partial charge is 0.343 e. The van der Waals surface area contributed by atoms with Crippen molar-refractivity contribution in [2.75, 3.05) is 18.5 Å². The molecule has 0 bridgehead atoms. The summed E-state index contributed by atoms with van der Waals surface area (Å²) in [6.07, 6.45) is 2.15. The number of ether oxygens (including phenoxy) is 1. The van der Waals surface area contributed by atoms with Crippen molar-refractivity contribution in [3.05, 3.63) is 11.3 Å². The van der Waals surface area contributed by atoms with Gasteiger partial charge in [0, 0.05) is 12.2 Å². The molecular weight excluding hydrogens is 206 g/mol. The van der Waals surface area contributed by atoms with E-state index in [2.05, 4.69) is 22.4 Å². The quantitative estimate of drug-likeness (QED) is 0.574. The van der Waals surface area contributed by atoms with Gasteiger partial charge in [-0.1, -0.05) is 13.3 Å². The van der Waals surface area contributed by atoms with E-state index in [1.165, 1.54) is 0 Å². The molecule has 2 N–H and O–H groups in total. The maximum atomic E-state index is 11.7. The summed E-state index contributed by atoms with van der Waals surface area (Å²) in [4.78, 5) is 11.7. The van der Waals surface area contributed by atoms with E-state index in [1.54, 1.807) is 6.92 Å². The third kappa shape index (κ3) is 2.98. The summed E-state index contributed by atoms with van der Waals surface area (Å²) in [7, 11) is 0. The first-order valence-electron chi connectivity index (χ1n) is 5.66. The number of hydrogen-bond acceptors (Lipinski definition) is 4. The Morgan fingerprint density at radius 1 is 1.50 bits per heavy atom. The summed E-state index contributed by atoms with van der Waals surface area (Å²) in [5.41, 5.74) is 1.25. The first-order valence-corrected chi connectivity index (χ1v) is 5.66. The minimum atomic E-state index is -0.326. The molecule has 0 aliphatic rings. The highest BCUT2D eigenvalue weighted by atomic mass is 16.5. The minimum Gasteiger partial charge on any atom is -0.462 e. The largest absolute Gasteiger partial charge is 0.462 e. The minimum absolute atomic E-state index is 0.326. The molecule has 0 atom stereocenters. The average Bonchev–Trinajstić information content (AvgIpc) is 2.61. The van der Waals surface area contributed by atoms with Crippen molar-refractivity contribution in [3.63, 3.8) is 0 Å². The van der Waals surface area contributed by atoms with Crippen LogP contribution in [0.3, 0.4) is 0 Å². The monoisotopic (exact) mass is 225 g/mol. The van der Waals surface area contributed by atoms with Gasteiger partial charge in [-0.2, -0.15) is 5.10 Å². The molecule has 5 nitrogen and oxygen atoms in total. The summed E-state index contributed by atoms with van der Waals surface area (Å²) in [6.45, 7) is 6.90. The fourth-order valence-corrected chi connectivity index (χ4v) is 1.39. The van der Waals surface area contributed by atoms with E-state index in [9.17, 15) is 4.79 Å². The van der Waals surface area contributed by atoms with Gasteiger partial charge in [0.15, 0.2) is 5.82 Å². The van der Waals surface area contributed by atoms with Crippen LogP contribution in [-0.4, -0.2) is 29.3 Å². The molecule has 1 aromatic heterocycles. The van der Waals surface area contributed by atoms with Crippen molar-refractivity contribution in [2.45, 2.75) is 33.6 Å². The maximum Gasteiger partial charge on any atom is 0.343 e. The number of carbonyl (C=O) groups is 1. The van der Waals surface area contributed by atoms with Crippen LogP contribution in [0.5, 0.6) is 0 Å². The molecule has 0 saturated heterocycles. The first-order chi connectivity index (χ1) is 7.70. The molecule has 16 heavy (non-hydrogen) atoms. The van der Waals surface area contributed by atoms with Crippen molar-refractivity contribution in [1.29, 1.82) is 0 Å². The number of nitrogens with zero attached hydrogens (tertiary/aromatic N) is 1. The number of anilines is 1. The molecule has 0 aliphatic heterocycles. The number of aromatic amines is 1. The van der Waals surface area contributed by atoms with Gasteiger partial charge in [0.25, 0.3) is 0 Å². The first kappa shape index (κ1) is 12.5. The molecule has 0 aliphatic carbocycles. The Hall–Kier alpha value is -1.52. The summed E-state index contributed by atoms with van der Waals surface area (Å²) >= 11 is 0. The molecule has 0 radical (unpaired) electrons. The number of esters is 1. The van der Waals surface area contributed by atoms with Gasteiger partial charge in [-0.3, -0.25) is 5.10 Å². The van der Waals surface area contributed by atoms with Crippen LogP contribution in [0.4, 0.5) is 5.82 Å². The second-order valence-electron chi connectivity index (χ2n) is 3.57. The van der Waals surface area contributed by atoms with E-state index in [-0.39, 0.29) is 5.97 Å². The average molecular weight is 225 g/mol. The standard InChI is InChI=1S/C11H19N3O2/c1-4-6-7-12-10-9(8(3)13-14-10)11(15)16-5-2/h4-7H2,1-3H3,(H2,12,13,14). The Balaban J connectivity index is 2.73. The normalized spacial score (nSPS) is 10.2. The second-order valence-corrected chi connectivity index (χ2v) is 3.57. The second kappa shape index (κ2) is 6.15. The predicted molar refractivity (Wildman–Crippen MR) is 62.7 cm³/mol. The number of carbonyl (C=O) groups excluding carboxylic acids is 1. The lowest BCUT2D eigenvalue weighted by Gasteiger charge is -2.05. The van der Waals surface area contributed by atoms with Crippen LogP contribution >= 0.6 is 0 Å². The molecule has 0 aromatic carbocycles. The van der Waals surface area contributed by atoms with Crippen LogP contribution in [0, 0.1) is 6.92 Å². The number of unbranched alkanes of at least 4 members (excludes halogenated alkanes) is 1. The number of rotatable bonds is 6. The van der Waals surface area contributed by atoms with Crippen LogP contribution in [-0.2, 0) is 4.74 Å². The number of nitrogens with one attached hydrogen (secondary N) is 2. The molecule has 0 fully saturated rings. The van der Waals surface area contributed by atoms with Gasteiger partial charge < -0.3 is 10.1 Å². The Labute approximate surface area is 95.6 Å². The van der Waals surface area contributed by atoms with Crippen LogP contribution < -0.4 is 5.32 Å². The molecule has 1 heterocycles. The zero-order chi connectivity index (χ0) is 12.0. The zero-order valence-corrected chi connectivity index (χ0v) is 10.1. The van der Waals surface area contributed by atoms with Crippen LogP contribution in [0.2, 0.25) is 0 Å². The number of H-pyrrole nitrogens is 1. The Bertz CT molecular complexity index is 347. The van der Waals surface area contributed by atoms with E-state index >= 15 is 0 Å². The Morgan fingerprint density at radius 3 is 2.88 bits per heavy atom. The highest BCUT2D eigenvalue weighted by Gasteiger charge is 2.18. The molecule has 1 rings (SSSR count). The maximum absolute atomic E-state index is 11.7. The predicted octanol–water partition coefficient (Wildman–Crippen LogP) is 2.11. The van der Waals surface area contributed by atoms with Gasteiger partial charge >= 0.3 is 5.97 Å². The number of aromatic nitrogens is 2. The lowest BCUT2D eigenvalue weighted by atomic mass is 10.2. The van der Waals surface area contributed by atoms with E-state index in [4.69, 9.17) is 4.74 Å². The molecule has 0 amide bonds. The molecule has 0 saturated carbocycles. The summed E-state index contributed by atoms with van der Waals surface area (Å²) in [5, 5.41) is 9.98. The number of hydrogen-bond donors (Lipinski definition) is 2. The van der Waals surface area contributed by atoms with E-state index in [1.807, 2.05) is 6.92 Å². The lowest BCUT2D eigenvalue weighted by molar-refractivity contribution is 0.0526. The molecule has 1 aromatic rings. The van der Waals surface area contributed by atoms with Gasteiger partial charge in [0.05, 0.1) is 6.61 Å². The molecular formula is C11H19N3O2. The zero-order valence-electron chi connectivity index (χ0n) is 10.1. The Kier molecular flexibility index (Phi) is 4.82. The number of aryl methyl sites for hydroxylation is 1. The fourth-order valence-electron chi connectivity index (χ4n) is 1.39. The highest BCUT2D eigenvalue weighted by molar-refractivity contribution is 5.95. The SMILES string of the molecule is CCCCNc1n[nH]c(C)c1C(=O)OCC. The lowest BCUT2D eigenvalue weighted by Crippen LogP contribution is -2.10. The van der Waals surface area contributed by atoms with Gasteiger partial charge in [-0.15, -0.1) is 0 Å². The van der Waals surface area contributed by atoms with E-state index < -0.39 is 0 Å². The molecule has 5 heteroatoms. The van der Waals surface area contributed by atoms with E-state index in [0.29, 0.717) is 18.0 Å². The van der Waals surface area contributed by atoms with Crippen molar-refractivity contribution in [3.8, 4) is 0 Å².